The summed E-state index contributed by atoms with van der Waals surface area (Å²) in [6.45, 7) is 6.34. The standard InChI is InChI=1S/C27H25OS/c1-20-4-10-23(11-5-20)28-24-12-18-27(19-13-24)29(25-14-6-21(2)7-15-25)26-16-8-22(3)9-17-26/h4-19H,1-3H3/q+1. The largest absolute Gasteiger partial charge is 0.457 e. The highest BCUT2D eigenvalue weighted by Gasteiger charge is 2.28. The highest BCUT2D eigenvalue weighted by molar-refractivity contribution is 7.97. The molecule has 0 amide bonds. The van der Waals surface area contributed by atoms with Crippen molar-refractivity contribution in [1.29, 1.82) is 0 Å². The smallest absolute Gasteiger partial charge is 0.166 e. The third-order valence-electron chi connectivity index (χ3n) is 4.83. The van der Waals surface area contributed by atoms with Crippen LogP contribution in [0.4, 0.5) is 0 Å². The predicted molar refractivity (Wildman–Crippen MR) is 122 cm³/mol. The average Bonchev–Trinajstić information content (AvgIpc) is 2.74. The number of rotatable bonds is 5. The molecule has 0 aliphatic rings. The van der Waals surface area contributed by atoms with Crippen LogP contribution >= 0.6 is 0 Å². The van der Waals surface area contributed by atoms with Gasteiger partial charge in [-0.05, 0) is 81.4 Å². The minimum atomic E-state index is -0.145. The molecule has 4 aromatic carbocycles. The lowest BCUT2D eigenvalue weighted by Gasteiger charge is -2.10. The van der Waals surface area contributed by atoms with Crippen LogP contribution in [0.1, 0.15) is 16.7 Å². The molecule has 1 nitrogen and oxygen atoms in total. The second-order valence-corrected chi connectivity index (χ2v) is 9.35. The highest BCUT2D eigenvalue weighted by atomic mass is 32.2. The molecule has 0 saturated carbocycles. The first-order valence-electron chi connectivity index (χ1n) is 9.81. The van der Waals surface area contributed by atoms with E-state index in [-0.39, 0.29) is 10.9 Å². The van der Waals surface area contributed by atoms with E-state index in [0.717, 1.165) is 11.5 Å². The molecule has 4 rings (SSSR count). The number of aryl methyl sites for hydroxylation is 3. The summed E-state index contributed by atoms with van der Waals surface area (Å²) in [5.74, 6) is 1.72. The third kappa shape index (κ3) is 4.72. The van der Waals surface area contributed by atoms with Crippen molar-refractivity contribution in [2.45, 2.75) is 35.5 Å². The molecule has 0 bridgehead atoms. The second-order valence-electron chi connectivity index (χ2n) is 7.32. The van der Waals surface area contributed by atoms with E-state index in [4.69, 9.17) is 4.74 Å². The van der Waals surface area contributed by atoms with Crippen molar-refractivity contribution < 1.29 is 4.74 Å². The summed E-state index contributed by atoms with van der Waals surface area (Å²) in [6.07, 6.45) is 0. The molecule has 4 aromatic rings. The molecular formula is C27H25OS+. The molecule has 0 N–H and O–H groups in total. The quantitative estimate of drug-likeness (QED) is 0.317. The van der Waals surface area contributed by atoms with Crippen LogP contribution in [0.5, 0.6) is 11.5 Å². The molecule has 0 unspecified atom stereocenters. The van der Waals surface area contributed by atoms with E-state index < -0.39 is 0 Å². The molecule has 0 aliphatic carbocycles. The van der Waals surface area contributed by atoms with Crippen LogP contribution in [0.15, 0.2) is 112 Å². The Kier molecular flexibility index (Phi) is 5.73. The fourth-order valence-electron chi connectivity index (χ4n) is 3.14. The average molecular weight is 398 g/mol. The Bertz CT molecular complexity index is 1020. The molecule has 144 valence electrons. The summed E-state index contributed by atoms with van der Waals surface area (Å²) in [5, 5.41) is 0. The van der Waals surface area contributed by atoms with Crippen molar-refractivity contribution in [1.82, 2.24) is 0 Å². The van der Waals surface area contributed by atoms with Gasteiger partial charge >= 0.3 is 0 Å². The lowest BCUT2D eigenvalue weighted by molar-refractivity contribution is 0.482. The fraction of sp³-hybridized carbons (Fsp3) is 0.111. The lowest BCUT2D eigenvalue weighted by atomic mass is 10.2. The molecule has 29 heavy (non-hydrogen) atoms. The van der Waals surface area contributed by atoms with Gasteiger partial charge in [0.1, 0.15) is 11.5 Å². The van der Waals surface area contributed by atoms with E-state index in [0.29, 0.717) is 0 Å². The lowest BCUT2D eigenvalue weighted by Crippen LogP contribution is -2.05. The monoisotopic (exact) mass is 397 g/mol. The Morgan fingerprint density at radius 2 is 0.690 bits per heavy atom. The maximum absolute atomic E-state index is 6.01. The van der Waals surface area contributed by atoms with Crippen LogP contribution in [-0.2, 0) is 10.9 Å². The maximum Gasteiger partial charge on any atom is 0.166 e. The highest BCUT2D eigenvalue weighted by Crippen LogP contribution is 2.33. The Hall–Kier alpha value is -2.97. The minimum absolute atomic E-state index is 0.145. The van der Waals surface area contributed by atoms with Crippen LogP contribution in [0.25, 0.3) is 0 Å². The van der Waals surface area contributed by atoms with Crippen LogP contribution in [0.3, 0.4) is 0 Å². The zero-order valence-corrected chi connectivity index (χ0v) is 17.9. The van der Waals surface area contributed by atoms with Crippen LogP contribution < -0.4 is 4.74 Å². The van der Waals surface area contributed by atoms with Crippen molar-refractivity contribution >= 4 is 10.9 Å². The second kappa shape index (κ2) is 8.59. The van der Waals surface area contributed by atoms with Gasteiger partial charge in [-0.2, -0.15) is 0 Å². The van der Waals surface area contributed by atoms with Crippen molar-refractivity contribution in [2.75, 3.05) is 0 Å². The summed E-state index contributed by atoms with van der Waals surface area (Å²) in [4.78, 5) is 3.94. The molecule has 2 heteroatoms. The van der Waals surface area contributed by atoms with Crippen molar-refractivity contribution in [3.8, 4) is 11.5 Å². The van der Waals surface area contributed by atoms with Gasteiger partial charge in [0.05, 0.1) is 10.9 Å². The Balaban J connectivity index is 1.66. The van der Waals surface area contributed by atoms with E-state index in [9.17, 15) is 0 Å². The predicted octanol–water partition coefficient (Wildman–Crippen LogP) is 7.50. The van der Waals surface area contributed by atoms with Gasteiger partial charge in [0.15, 0.2) is 14.7 Å². The molecule has 0 heterocycles. The number of ether oxygens (including phenoxy) is 1. The SMILES string of the molecule is Cc1ccc(Oc2ccc([S+](c3ccc(C)cc3)c3ccc(C)cc3)cc2)cc1. The molecule has 0 saturated heterocycles. The van der Waals surface area contributed by atoms with Gasteiger partial charge < -0.3 is 4.74 Å². The fourth-order valence-corrected chi connectivity index (χ4v) is 5.18. The zero-order valence-electron chi connectivity index (χ0n) is 17.1. The van der Waals surface area contributed by atoms with Gasteiger partial charge in [0.2, 0.25) is 0 Å². The first-order chi connectivity index (χ1) is 14.1. The first-order valence-corrected chi connectivity index (χ1v) is 11.0. The molecular weight excluding hydrogens is 372 g/mol. The molecule has 0 aromatic heterocycles. The molecule has 0 atom stereocenters. The summed E-state index contributed by atoms with van der Waals surface area (Å²) in [5.41, 5.74) is 3.79. The molecule has 0 aliphatic heterocycles. The molecule has 0 fully saturated rings. The van der Waals surface area contributed by atoms with Crippen molar-refractivity contribution in [3.05, 3.63) is 114 Å². The Morgan fingerprint density at radius 1 is 0.414 bits per heavy atom. The van der Waals surface area contributed by atoms with Gasteiger partial charge in [-0.3, -0.25) is 0 Å². The van der Waals surface area contributed by atoms with Crippen LogP contribution in [0.2, 0.25) is 0 Å². The Labute approximate surface area is 176 Å². The van der Waals surface area contributed by atoms with Crippen LogP contribution in [0, 0.1) is 20.8 Å². The summed E-state index contributed by atoms with van der Waals surface area (Å²) >= 11 is 0. The van der Waals surface area contributed by atoms with Gasteiger partial charge in [-0.25, -0.2) is 0 Å². The van der Waals surface area contributed by atoms with Gasteiger partial charge in [0.25, 0.3) is 0 Å². The number of hydrogen-bond donors (Lipinski definition) is 0. The topological polar surface area (TPSA) is 9.23 Å². The maximum atomic E-state index is 6.01. The molecule has 0 spiro atoms. The third-order valence-corrected chi connectivity index (χ3v) is 7.06. The minimum Gasteiger partial charge on any atom is -0.457 e. The van der Waals surface area contributed by atoms with E-state index in [1.165, 1.54) is 31.4 Å². The van der Waals surface area contributed by atoms with Gasteiger partial charge in [-0.15, -0.1) is 0 Å². The van der Waals surface area contributed by atoms with E-state index in [2.05, 4.69) is 106 Å². The van der Waals surface area contributed by atoms with Crippen molar-refractivity contribution in [2.24, 2.45) is 0 Å². The van der Waals surface area contributed by atoms with E-state index in [1.807, 2.05) is 12.1 Å². The van der Waals surface area contributed by atoms with E-state index >= 15 is 0 Å². The van der Waals surface area contributed by atoms with E-state index in [1.54, 1.807) is 0 Å². The zero-order chi connectivity index (χ0) is 20.2. The van der Waals surface area contributed by atoms with Gasteiger partial charge in [-0.1, -0.05) is 53.1 Å². The van der Waals surface area contributed by atoms with Crippen molar-refractivity contribution in [3.63, 3.8) is 0 Å². The number of hydrogen-bond acceptors (Lipinski definition) is 1. The van der Waals surface area contributed by atoms with Crippen LogP contribution in [-0.4, -0.2) is 0 Å². The molecule has 0 radical (unpaired) electrons. The summed E-state index contributed by atoms with van der Waals surface area (Å²) < 4.78 is 6.01. The normalized spacial score (nSPS) is 10.9. The summed E-state index contributed by atoms with van der Waals surface area (Å²) in [7, 11) is -0.145. The number of benzene rings is 4. The Morgan fingerprint density at radius 3 is 1.07 bits per heavy atom. The summed E-state index contributed by atoms with van der Waals surface area (Å²) in [6, 6.07) is 34.4. The first kappa shape index (κ1) is 19.4. The van der Waals surface area contributed by atoms with Gasteiger partial charge in [0, 0.05) is 0 Å².